The third-order valence-electron chi connectivity index (χ3n) is 3.47. The second kappa shape index (κ2) is 11.1. The molecule has 0 spiro atoms. The maximum atomic E-state index is 12.4. The second-order valence-electron chi connectivity index (χ2n) is 6.26. The molecule has 27 heavy (non-hydrogen) atoms. The Labute approximate surface area is 155 Å². The average molecular weight is 390 g/mol. The largest absolute Gasteiger partial charge is 0.481 e. The Morgan fingerprint density at radius 2 is 1.37 bits per heavy atom. The second-order valence-corrected chi connectivity index (χ2v) is 6.26. The highest BCUT2D eigenvalue weighted by atomic mass is 16.4. The minimum atomic E-state index is -1.66. The average Bonchev–Trinajstić information content (AvgIpc) is 2.54. The highest BCUT2D eigenvalue weighted by Crippen LogP contribution is 2.04. The summed E-state index contributed by atoms with van der Waals surface area (Å²) in [5.41, 5.74) is 5.43. The summed E-state index contributed by atoms with van der Waals surface area (Å²) in [7, 11) is 0. The van der Waals surface area contributed by atoms with Gasteiger partial charge in [-0.1, -0.05) is 13.8 Å². The van der Waals surface area contributed by atoms with Crippen molar-refractivity contribution in [1.82, 2.24) is 16.0 Å². The van der Waals surface area contributed by atoms with Gasteiger partial charge in [0.25, 0.3) is 0 Å². The summed E-state index contributed by atoms with van der Waals surface area (Å²) in [6.07, 6.45) is -0.832. The number of aliphatic carboxylic acids is 2. The SMILES string of the molecule is CC(N)C(=O)NC(C(=O)NC(CC(=O)O)C(=O)NC(CO)C(=O)O)C(C)C. The van der Waals surface area contributed by atoms with E-state index in [9.17, 15) is 24.0 Å². The zero-order chi connectivity index (χ0) is 21.3. The Bertz CT molecular complexity index is 578. The molecule has 154 valence electrons. The smallest absolute Gasteiger partial charge is 0.328 e. The predicted octanol–water partition coefficient (Wildman–Crippen LogP) is -3.00. The molecule has 12 nitrogen and oxygen atoms in total. The lowest BCUT2D eigenvalue weighted by Crippen LogP contribution is -2.58. The van der Waals surface area contributed by atoms with Crippen LogP contribution in [-0.4, -0.2) is 75.8 Å². The van der Waals surface area contributed by atoms with E-state index < -0.39 is 72.8 Å². The van der Waals surface area contributed by atoms with Crippen molar-refractivity contribution in [3.63, 3.8) is 0 Å². The molecule has 0 saturated heterocycles. The van der Waals surface area contributed by atoms with Gasteiger partial charge < -0.3 is 37.0 Å². The zero-order valence-corrected chi connectivity index (χ0v) is 15.3. The summed E-state index contributed by atoms with van der Waals surface area (Å²) in [5.74, 6) is -5.92. The van der Waals surface area contributed by atoms with E-state index in [0.29, 0.717) is 0 Å². The Morgan fingerprint density at radius 1 is 0.852 bits per heavy atom. The van der Waals surface area contributed by atoms with Crippen molar-refractivity contribution < 1.29 is 39.3 Å². The number of aliphatic hydroxyl groups excluding tert-OH is 1. The van der Waals surface area contributed by atoms with E-state index in [2.05, 4.69) is 10.6 Å². The predicted molar refractivity (Wildman–Crippen MR) is 91.3 cm³/mol. The molecule has 12 heteroatoms. The summed E-state index contributed by atoms with van der Waals surface area (Å²) in [4.78, 5) is 58.1. The molecule has 0 aromatic carbocycles. The van der Waals surface area contributed by atoms with Crippen molar-refractivity contribution in [1.29, 1.82) is 0 Å². The number of carboxylic acid groups (broad SMARTS) is 2. The first-order valence-corrected chi connectivity index (χ1v) is 8.12. The van der Waals surface area contributed by atoms with Crippen molar-refractivity contribution in [2.45, 2.75) is 51.4 Å². The van der Waals surface area contributed by atoms with E-state index in [4.69, 9.17) is 21.1 Å². The van der Waals surface area contributed by atoms with Crippen molar-refractivity contribution in [2.75, 3.05) is 6.61 Å². The lowest BCUT2D eigenvalue weighted by molar-refractivity contribution is -0.144. The van der Waals surface area contributed by atoms with E-state index in [1.165, 1.54) is 6.92 Å². The van der Waals surface area contributed by atoms with Gasteiger partial charge in [-0.3, -0.25) is 19.2 Å². The lowest BCUT2D eigenvalue weighted by atomic mass is 10.0. The number of carbonyl (C=O) groups excluding carboxylic acids is 3. The summed E-state index contributed by atoms with van der Waals surface area (Å²) in [6, 6.07) is -5.26. The third kappa shape index (κ3) is 8.46. The minimum absolute atomic E-state index is 0.412. The minimum Gasteiger partial charge on any atom is -0.481 e. The standard InChI is InChI=1S/C15H26N4O8/c1-6(2)11(19-12(23)7(3)16)14(25)17-8(4-10(21)22)13(24)18-9(5-20)15(26)27/h6-9,11,20H,4-5,16H2,1-3H3,(H,17,25)(H,18,24)(H,19,23)(H,21,22)(H,26,27). The number of rotatable bonds is 11. The highest BCUT2D eigenvalue weighted by molar-refractivity contribution is 5.95. The number of amides is 3. The van der Waals surface area contributed by atoms with Crippen molar-refractivity contribution in [2.24, 2.45) is 11.7 Å². The molecule has 0 heterocycles. The molecule has 8 N–H and O–H groups in total. The maximum Gasteiger partial charge on any atom is 0.328 e. The molecule has 0 aliphatic rings. The van der Waals surface area contributed by atoms with Gasteiger partial charge in [-0.05, 0) is 12.8 Å². The van der Waals surface area contributed by atoms with Gasteiger partial charge in [0.15, 0.2) is 0 Å². The van der Waals surface area contributed by atoms with Gasteiger partial charge in [0.2, 0.25) is 17.7 Å². The molecule has 0 aromatic rings. The molecule has 4 atom stereocenters. The Kier molecular flexibility index (Phi) is 9.96. The van der Waals surface area contributed by atoms with Crippen LogP contribution < -0.4 is 21.7 Å². The fourth-order valence-corrected chi connectivity index (χ4v) is 1.92. The van der Waals surface area contributed by atoms with Gasteiger partial charge in [0, 0.05) is 0 Å². The van der Waals surface area contributed by atoms with Gasteiger partial charge in [-0.25, -0.2) is 4.79 Å². The molecule has 0 saturated carbocycles. The quantitative estimate of drug-likeness (QED) is 0.191. The Morgan fingerprint density at radius 3 is 1.74 bits per heavy atom. The number of carbonyl (C=O) groups is 5. The van der Waals surface area contributed by atoms with Crippen LogP contribution >= 0.6 is 0 Å². The Balaban J connectivity index is 5.31. The fraction of sp³-hybridized carbons (Fsp3) is 0.667. The van der Waals surface area contributed by atoms with E-state index in [1.54, 1.807) is 13.8 Å². The van der Waals surface area contributed by atoms with Crippen LogP contribution in [-0.2, 0) is 24.0 Å². The molecule has 4 unspecified atom stereocenters. The highest BCUT2D eigenvalue weighted by Gasteiger charge is 2.32. The molecule has 0 aliphatic carbocycles. The van der Waals surface area contributed by atoms with E-state index >= 15 is 0 Å². The van der Waals surface area contributed by atoms with Gasteiger partial charge in [-0.15, -0.1) is 0 Å². The number of aliphatic hydroxyl groups is 1. The molecule has 3 amide bonds. The van der Waals surface area contributed by atoms with Crippen LogP contribution in [0.5, 0.6) is 0 Å². The first kappa shape index (κ1) is 24.3. The summed E-state index contributed by atoms with van der Waals surface area (Å²) >= 11 is 0. The fourth-order valence-electron chi connectivity index (χ4n) is 1.92. The van der Waals surface area contributed by atoms with Crippen LogP contribution in [0.15, 0.2) is 0 Å². The first-order valence-electron chi connectivity index (χ1n) is 8.12. The lowest BCUT2D eigenvalue weighted by Gasteiger charge is -2.25. The van der Waals surface area contributed by atoms with E-state index in [0.717, 1.165) is 0 Å². The molecule has 0 aliphatic heterocycles. The van der Waals surface area contributed by atoms with Crippen LogP contribution in [0.25, 0.3) is 0 Å². The number of hydrogen-bond donors (Lipinski definition) is 7. The van der Waals surface area contributed by atoms with Crippen molar-refractivity contribution in [3.8, 4) is 0 Å². The monoisotopic (exact) mass is 390 g/mol. The van der Waals surface area contributed by atoms with Crippen molar-refractivity contribution in [3.05, 3.63) is 0 Å². The number of hydrogen-bond acceptors (Lipinski definition) is 7. The molecular formula is C15H26N4O8. The zero-order valence-electron chi connectivity index (χ0n) is 15.3. The van der Waals surface area contributed by atoms with Gasteiger partial charge >= 0.3 is 11.9 Å². The van der Waals surface area contributed by atoms with Gasteiger partial charge in [-0.2, -0.15) is 0 Å². The summed E-state index contributed by atoms with van der Waals surface area (Å²) in [6.45, 7) is 3.72. The molecule has 0 radical (unpaired) electrons. The molecule has 0 fully saturated rings. The number of nitrogens with two attached hydrogens (primary N) is 1. The summed E-state index contributed by atoms with van der Waals surface area (Å²) < 4.78 is 0. The summed E-state index contributed by atoms with van der Waals surface area (Å²) in [5, 5.41) is 33.2. The Hall–Kier alpha value is -2.73. The van der Waals surface area contributed by atoms with E-state index in [-0.39, 0.29) is 0 Å². The molecule has 0 rings (SSSR count). The molecular weight excluding hydrogens is 364 g/mol. The van der Waals surface area contributed by atoms with Crippen LogP contribution in [0.4, 0.5) is 0 Å². The first-order chi connectivity index (χ1) is 12.4. The van der Waals surface area contributed by atoms with Crippen LogP contribution in [0.3, 0.4) is 0 Å². The molecule has 0 bridgehead atoms. The third-order valence-corrected chi connectivity index (χ3v) is 3.47. The van der Waals surface area contributed by atoms with Crippen LogP contribution in [0.2, 0.25) is 0 Å². The van der Waals surface area contributed by atoms with Gasteiger partial charge in [0.1, 0.15) is 18.1 Å². The number of carboxylic acids is 2. The maximum absolute atomic E-state index is 12.4. The van der Waals surface area contributed by atoms with E-state index in [1.807, 2.05) is 5.32 Å². The van der Waals surface area contributed by atoms with Gasteiger partial charge in [0.05, 0.1) is 19.1 Å². The van der Waals surface area contributed by atoms with Crippen LogP contribution in [0, 0.1) is 5.92 Å². The topological polar surface area (TPSA) is 208 Å². The molecule has 0 aromatic heterocycles. The van der Waals surface area contributed by atoms with Crippen molar-refractivity contribution >= 4 is 29.7 Å². The normalized spacial score (nSPS) is 15.2. The number of nitrogens with one attached hydrogen (secondary N) is 3. The van der Waals surface area contributed by atoms with Crippen LogP contribution in [0.1, 0.15) is 27.2 Å².